The van der Waals surface area contributed by atoms with Gasteiger partial charge in [0, 0.05) is 16.3 Å². The molecule has 0 bridgehead atoms. The Hall–Kier alpha value is -4.18. The molecule has 0 amide bonds. The van der Waals surface area contributed by atoms with Crippen LogP contribution in [0.25, 0.3) is 50.4 Å². The van der Waals surface area contributed by atoms with E-state index < -0.39 is 0 Å². The van der Waals surface area contributed by atoms with Crippen molar-refractivity contribution in [2.45, 2.75) is 52.9 Å². The number of unbranched alkanes of at least 4 members (excludes halogenated alkanes) is 3. The summed E-state index contributed by atoms with van der Waals surface area (Å²) in [5, 5.41) is 7.31. The van der Waals surface area contributed by atoms with Crippen LogP contribution in [0.2, 0.25) is 0 Å². The minimum Gasteiger partial charge on any atom is -0.455 e. The van der Waals surface area contributed by atoms with Crippen LogP contribution in [0.1, 0.15) is 49.3 Å². The van der Waals surface area contributed by atoms with Gasteiger partial charge in [-0.1, -0.05) is 99.0 Å². The van der Waals surface area contributed by atoms with Gasteiger partial charge in [0.05, 0.1) is 11.3 Å². The molecule has 4 heteroatoms. The van der Waals surface area contributed by atoms with Gasteiger partial charge in [0.2, 0.25) is 0 Å². The SMILES string of the molecule is CCCCCCc1cc(C)c(-n2nc(-c3cccc4c3oc3ccccc34)nc2-c2ccccc2)c(C)c1. The molecule has 0 fully saturated rings. The number of para-hydroxylation sites is 2. The molecule has 4 aromatic carbocycles. The highest BCUT2D eigenvalue weighted by molar-refractivity contribution is 6.09. The minimum absolute atomic E-state index is 0.663. The Morgan fingerprint density at radius 3 is 2.29 bits per heavy atom. The van der Waals surface area contributed by atoms with E-state index in [1.165, 1.54) is 42.4 Å². The molecule has 190 valence electrons. The lowest BCUT2D eigenvalue weighted by Gasteiger charge is -2.15. The highest BCUT2D eigenvalue weighted by atomic mass is 16.3. The maximum atomic E-state index is 6.33. The molecule has 0 saturated carbocycles. The van der Waals surface area contributed by atoms with Crippen molar-refractivity contribution < 1.29 is 4.42 Å². The Morgan fingerprint density at radius 2 is 1.50 bits per heavy atom. The first kappa shape index (κ1) is 24.2. The number of hydrogen-bond donors (Lipinski definition) is 0. The molecule has 6 aromatic rings. The molecule has 0 aliphatic carbocycles. The van der Waals surface area contributed by atoms with Crippen LogP contribution in [-0.4, -0.2) is 14.8 Å². The molecule has 0 unspecified atom stereocenters. The highest BCUT2D eigenvalue weighted by Crippen LogP contribution is 2.36. The first-order valence-electron chi connectivity index (χ1n) is 13.7. The normalized spacial score (nSPS) is 11.6. The zero-order valence-electron chi connectivity index (χ0n) is 22.4. The smallest absolute Gasteiger partial charge is 0.185 e. The maximum Gasteiger partial charge on any atom is 0.185 e. The van der Waals surface area contributed by atoms with Crippen LogP contribution in [0.4, 0.5) is 0 Å². The molecule has 6 rings (SSSR count). The van der Waals surface area contributed by atoms with Gasteiger partial charge in [0.25, 0.3) is 0 Å². The van der Waals surface area contributed by atoms with E-state index >= 15 is 0 Å². The zero-order chi connectivity index (χ0) is 26.1. The van der Waals surface area contributed by atoms with Crippen molar-refractivity contribution in [3.8, 4) is 28.5 Å². The molecular formula is C34H33N3O. The fourth-order valence-electron chi connectivity index (χ4n) is 5.56. The quantitative estimate of drug-likeness (QED) is 0.196. The van der Waals surface area contributed by atoms with Crippen LogP contribution in [0.3, 0.4) is 0 Å². The molecule has 2 aromatic heterocycles. The third-order valence-corrected chi connectivity index (χ3v) is 7.37. The summed E-state index contributed by atoms with van der Waals surface area (Å²) < 4.78 is 8.35. The number of benzene rings is 4. The molecule has 38 heavy (non-hydrogen) atoms. The van der Waals surface area contributed by atoms with Crippen molar-refractivity contribution in [1.82, 2.24) is 14.8 Å². The Balaban J connectivity index is 1.50. The van der Waals surface area contributed by atoms with Gasteiger partial charge >= 0.3 is 0 Å². The summed E-state index contributed by atoms with van der Waals surface area (Å²) in [6.07, 6.45) is 6.20. The average Bonchev–Trinajstić information content (AvgIpc) is 3.53. The lowest BCUT2D eigenvalue weighted by molar-refractivity contribution is 0.666. The lowest BCUT2D eigenvalue weighted by Crippen LogP contribution is -2.06. The molecule has 0 N–H and O–H groups in total. The first-order chi connectivity index (χ1) is 18.6. The topological polar surface area (TPSA) is 43.9 Å². The van der Waals surface area contributed by atoms with E-state index in [0.717, 1.165) is 51.0 Å². The number of aromatic nitrogens is 3. The first-order valence-corrected chi connectivity index (χ1v) is 13.7. The van der Waals surface area contributed by atoms with E-state index in [4.69, 9.17) is 14.5 Å². The van der Waals surface area contributed by atoms with E-state index in [1.807, 2.05) is 41.1 Å². The number of rotatable bonds is 8. The lowest BCUT2D eigenvalue weighted by atomic mass is 9.99. The Kier molecular flexibility index (Phi) is 6.55. The largest absolute Gasteiger partial charge is 0.455 e. The second-order valence-electron chi connectivity index (χ2n) is 10.2. The predicted molar refractivity (Wildman–Crippen MR) is 157 cm³/mol. The van der Waals surface area contributed by atoms with Crippen LogP contribution in [-0.2, 0) is 6.42 Å². The molecule has 2 heterocycles. The van der Waals surface area contributed by atoms with Crippen LogP contribution >= 0.6 is 0 Å². The highest BCUT2D eigenvalue weighted by Gasteiger charge is 2.21. The molecule has 0 radical (unpaired) electrons. The summed E-state index contributed by atoms with van der Waals surface area (Å²) >= 11 is 0. The molecule has 0 aliphatic heterocycles. The molecule has 4 nitrogen and oxygen atoms in total. The summed E-state index contributed by atoms with van der Waals surface area (Å²) in [6, 6.07) is 29.3. The number of fused-ring (bicyclic) bond motifs is 3. The molecule has 0 atom stereocenters. The predicted octanol–water partition coefficient (Wildman–Crippen LogP) is 9.24. The van der Waals surface area contributed by atoms with Crippen LogP contribution < -0.4 is 0 Å². The number of hydrogen-bond acceptors (Lipinski definition) is 3. The van der Waals surface area contributed by atoms with Gasteiger partial charge in [0.1, 0.15) is 11.2 Å². The third kappa shape index (κ3) is 4.41. The maximum absolute atomic E-state index is 6.33. The number of nitrogens with zero attached hydrogens (tertiary/aromatic N) is 3. The fraction of sp³-hybridized carbons (Fsp3) is 0.235. The van der Waals surface area contributed by atoms with Gasteiger partial charge in [-0.2, -0.15) is 0 Å². The van der Waals surface area contributed by atoms with Gasteiger partial charge in [-0.25, -0.2) is 9.67 Å². The van der Waals surface area contributed by atoms with E-state index in [2.05, 4.69) is 69.3 Å². The summed E-state index contributed by atoms with van der Waals surface area (Å²) in [4.78, 5) is 5.11. The molecule has 0 aliphatic rings. The second kappa shape index (κ2) is 10.3. The summed E-state index contributed by atoms with van der Waals surface area (Å²) in [5.41, 5.74) is 8.55. The molecule has 0 spiro atoms. The van der Waals surface area contributed by atoms with Crippen LogP contribution in [0, 0.1) is 13.8 Å². The van der Waals surface area contributed by atoms with E-state index in [1.54, 1.807) is 0 Å². The van der Waals surface area contributed by atoms with Crippen molar-refractivity contribution in [3.05, 3.63) is 102 Å². The average molecular weight is 500 g/mol. The van der Waals surface area contributed by atoms with E-state index in [9.17, 15) is 0 Å². The third-order valence-electron chi connectivity index (χ3n) is 7.37. The standard InChI is InChI=1S/C34H33N3O/c1-4-5-6-8-14-25-21-23(2)31(24(3)22-25)37-34(26-15-9-7-10-16-26)35-33(36-37)29-19-13-18-28-27-17-11-12-20-30(27)38-32(28)29/h7,9-13,15-22H,4-6,8,14H2,1-3H3. The second-order valence-corrected chi connectivity index (χ2v) is 10.2. The van der Waals surface area contributed by atoms with Gasteiger partial charge < -0.3 is 4.42 Å². The van der Waals surface area contributed by atoms with Crippen LogP contribution in [0.5, 0.6) is 0 Å². The summed E-state index contributed by atoms with van der Waals surface area (Å²) in [7, 11) is 0. The van der Waals surface area contributed by atoms with Gasteiger partial charge in [-0.15, -0.1) is 5.10 Å². The Labute approximate surface area is 224 Å². The van der Waals surface area contributed by atoms with Crippen molar-refractivity contribution in [2.24, 2.45) is 0 Å². The van der Waals surface area contributed by atoms with Crippen molar-refractivity contribution in [3.63, 3.8) is 0 Å². The number of furan rings is 1. The fourth-order valence-corrected chi connectivity index (χ4v) is 5.56. The van der Waals surface area contributed by atoms with Gasteiger partial charge in [0.15, 0.2) is 11.6 Å². The molecule has 0 saturated heterocycles. The number of aryl methyl sites for hydroxylation is 3. The van der Waals surface area contributed by atoms with E-state index in [-0.39, 0.29) is 0 Å². The Bertz CT molecular complexity index is 1700. The Morgan fingerprint density at radius 1 is 0.763 bits per heavy atom. The van der Waals surface area contributed by atoms with Gasteiger partial charge in [-0.05, 0) is 55.5 Å². The summed E-state index contributed by atoms with van der Waals surface area (Å²) in [5.74, 6) is 1.49. The summed E-state index contributed by atoms with van der Waals surface area (Å²) in [6.45, 7) is 6.64. The monoisotopic (exact) mass is 499 g/mol. The molecular weight excluding hydrogens is 466 g/mol. The minimum atomic E-state index is 0.663. The van der Waals surface area contributed by atoms with Crippen molar-refractivity contribution in [1.29, 1.82) is 0 Å². The van der Waals surface area contributed by atoms with E-state index in [0.29, 0.717) is 5.82 Å². The van der Waals surface area contributed by atoms with Crippen LogP contribution in [0.15, 0.2) is 89.3 Å². The van der Waals surface area contributed by atoms with Crippen molar-refractivity contribution >= 4 is 21.9 Å². The van der Waals surface area contributed by atoms with Gasteiger partial charge in [-0.3, -0.25) is 0 Å². The van der Waals surface area contributed by atoms with Crippen molar-refractivity contribution in [2.75, 3.05) is 0 Å². The zero-order valence-corrected chi connectivity index (χ0v) is 22.4.